The number of aromatic nitrogens is 4. The van der Waals surface area contributed by atoms with Crippen molar-refractivity contribution in [1.82, 2.24) is 19.1 Å². The number of fused-ring (bicyclic) bond motifs is 1. The van der Waals surface area contributed by atoms with Crippen LogP contribution in [0.5, 0.6) is 5.75 Å². The Kier molecular flexibility index (Phi) is 6.59. The van der Waals surface area contributed by atoms with Gasteiger partial charge in [0, 0.05) is 6.42 Å². The number of benzene rings is 3. The van der Waals surface area contributed by atoms with Gasteiger partial charge in [-0.1, -0.05) is 72.8 Å². The summed E-state index contributed by atoms with van der Waals surface area (Å²) in [4.78, 5) is 23.5. The van der Waals surface area contributed by atoms with E-state index in [9.17, 15) is 15.0 Å². The Labute approximate surface area is 229 Å². The molecule has 0 unspecified atom stereocenters. The first-order chi connectivity index (χ1) is 19.5. The third-order valence-corrected chi connectivity index (χ3v) is 7.49. The molecule has 0 radical (unpaired) electrons. The van der Waals surface area contributed by atoms with E-state index < -0.39 is 29.5 Å². The number of nitrogen functional groups attached to an aromatic ring is 1. The van der Waals surface area contributed by atoms with Gasteiger partial charge in [-0.15, -0.1) is 0 Å². The van der Waals surface area contributed by atoms with Crippen molar-refractivity contribution in [1.29, 1.82) is 0 Å². The molecule has 0 spiro atoms. The minimum Gasteiger partial charge on any atom is -0.497 e. The van der Waals surface area contributed by atoms with Crippen LogP contribution in [0.1, 0.15) is 29.3 Å². The van der Waals surface area contributed by atoms with Gasteiger partial charge in [0.25, 0.3) is 5.56 Å². The lowest BCUT2D eigenvalue weighted by atomic mass is 9.76. The molecule has 3 heterocycles. The van der Waals surface area contributed by atoms with Crippen molar-refractivity contribution in [3.8, 4) is 5.75 Å². The van der Waals surface area contributed by atoms with Gasteiger partial charge in [0.2, 0.25) is 5.95 Å². The molecule has 0 aliphatic carbocycles. The first-order valence-electron chi connectivity index (χ1n) is 12.9. The third kappa shape index (κ3) is 3.96. The van der Waals surface area contributed by atoms with Gasteiger partial charge in [0.05, 0.1) is 26.1 Å². The topological polar surface area (TPSA) is 138 Å². The molecule has 2 aromatic heterocycles. The maximum Gasteiger partial charge on any atom is 0.284 e. The van der Waals surface area contributed by atoms with Crippen molar-refractivity contribution >= 4 is 17.1 Å². The molecule has 10 nitrogen and oxygen atoms in total. The Morgan fingerprint density at radius 3 is 2.15 bits per heavy atom. The average Bonchev–Trinajstić information content (AvgIpc) is 3.59. The molecule has 1 aliphatic heterocycles. The zero-order valence-corrected chi connectivity index (χ0v) is 21.8. The molecule has 0 bridgehead atoms. The Morgan fingerprint density at radius 1 is 1.00 bits per heavy atom. The van der Waals surface area contributed by atoms with E-state index in [1.165, 1.54) is 15.5 Å². The summed E-state index contributed by atoms with van der Waals surface area (Å²) in [5.41, 5.74) is 7.63. The molecule has 1 aliphatic rings. The van der Waals surface area contributed by atoms with Gasteiger partial charge in [-0.3, -0.25) is 13.9 Å². The Hall–Kier alpha value is -4.51. The molecule has 0 saturated carbocycles. The quantitative estimate of drug-likeness (QED) is 0.269. The number of anilines is 1. The number of hydrogen-bond acceptors (Lipinski definition) is 8. The van der Waals surface area contributed by atoms with Crippen LogP contribution >= 0.6 is 0 Å². The number of ether oxygens (including phenoxy) is 2. The van der Waals surface area contributed by atoms with Gasteiger partial charge in [0.1, 0.15) is 17.4 Å². The van der Waals surface area contributed by atoms with E-state index in [4.69, 9.17) is 15.2 Å². The smallest absolute Gasteiger partial charge is 0.284 e. The summed E-state index contributed by atoms with van der Waals surface area (Å²) in [6.07, 6.45) is -0.646. The molecule has 1 fully saturated rings. The van der Waals surface area contributed by atoms with Gasteiger partial charge in [-0.2, -0.15) is 4.98 Å². The SMILES string of the molecule is COc1ccc(C(c2ccccc2)(c2ccccc2)n2c(N)nc3c(ncn3[C@@H]3O[C@H](CO)C[C@H]3O)c2=O)cc1. The summed E-state index contributed by atoms with van der Waals surface area (Å²) >= 11 is 0. The van der Waals surface area contributed by atoms with Crippen LogP contribution < -0.4 is 16.0 Å². The highest BCUT2D eigenvalue weighted by molar-refractivity contribution is 5.72. The van der Waals surface area contributed by atoms with Gasteiger partial charge < -0.3 is 25.4 Å². The summed E-state index contributed by atoms with van der Waals surface area (Å²) in [5.74, 6) is 0.622. The van der Waals surface area contributed by atoms with Crippen molar-refractivity contribution in [3.05, 3.63) is 118 Å². The van der Waals surface area contributed by atoms with E-state index in [2.05, 4.69) is 9.97 Å². The summed E-state index contributed by atoms with van der Waals surface area (Å²) in [6.45, 7) is -0.235. The lowest BCUT2D eigenvalue weighted by molar-refractivity contribution is -0.0486. The fraction of sp³-hybridized carbons (Fsp3) is 0.233. The van der Waals surface area contributed by atoms with Crippen LogP contribution in [0.2, 0.25) is 0 Å². The predicted octanol–water partition coefficient (Wildman–Crippen LogP) is 2.66. The molecule has 3 atom stereocenters. The second kappa shape index (κ2) is 10.2. The lowest BCUT2D eigenvalue weighted by Gasteiger charge is -2.38. The zero-order chi connectivity index (χ0) is 27.9. The van der Waals surface area contributed by atoms with Crippen molar-refractivity contribution in [2.45, 2.75) is 30.4 Å². The molecule has 6 rings (SSSR count). The van der Waals surface area contributed by atoms with Crippen LogP contribution in [0, 0.1) is 0 Å². The number of aliphatic hydroxyl groups is 2. The molecule has 1 saturated heterocycles. The van der Waals surface area contributed by atoms with Crippen molar-refractivity contribution in [2.75, 3.05) is 19.5 Å². The van der Waals surface area contributed by atoms with E-state index in [0.29, 0.717) is 5.75 Å². The normalized spacial score (nSPS) is 19.2. The summed E-state index contributed by atoms with van der Waals surface area (Å²) < 4.78 is 14.2. The van der Waals surface area contributed by atoms with E-state index >= 15 is 0 Å². The molecular formula is C30H29N5O5. The highest BCUT2D eigenvalue weighted by Gasteiger charge is 2.42. The maximum atomic E-state index is 14.5. The van der Waals surface area contributed by atoms with E-state index in [1.54, 1.807) is 7.11 Å². The Balaban J connectivity index is 1.67. The van der Waals surface area contributed by atoms with Crippen molar-refractivity contribution in [2.24, 2.45) is 0 Å². The third-order valence-electron chi connectivity index (χ3n) is 7.49. The zero-order valence-electron chi connectivity index (χ0n) is 21.8. The first-order valence-corrected chi connectivity index (χ1v) is 12.9. The van der Waals surface area contributed by atoms with Gasteiger partial charge in [-0.25, -0.2) is 4.98 Å². The number of nitrogens with two attached hydrogens (primary N) is 1. The highest BCUT2D eigenvalue weighted by atomic mass is 16.5. The fourth-order valence-corrected chi connectivity index (χ4v) is 5.67. The second-order valence-corrected chi connectivity index (χ2v) is 9.74. The molecule has 5 aromatic rings. The number of nitrogens with zero attached hydrogens (tertiary/aromatic N) is 4. The van der Waals surface area contributed by atoms with Crippen LogP contribution in [0.15, 0.2) is 96.1 Å². The monoisotopic (exact) mass is 539 g/mol. The van der Waals surface area contributed by atoms with Crippen molar-refractivity contribution < 1.29 is 19.7 Å². The summed E-state index contributed by atoms with van der Waals surface area (Å²) in [5, 5.41) is 20.1. The second-order valence-electron chi connectivity index (χ2n) is 9.74. The summed E-state index contributed by atoms with van der Waals surface area (Å²) in [6, 6.07) is 26.8. The fourth-order valence-electron chi connectivity index (χ4n) is 5.67. The number of hydrogen-bond donors (Lipinski definition) is 3. The minimum absolute atomic E-state index is 0.0473. The van der Waals surface area contributed by atoms with Gasteiger partial charge in [-0.05, 0) is 28.8 Å². The van der Waals surface area contributed by atoms with E-state index in [-0.39, 0.29) is 30.1 Å². The van der Waals surface area contributed by atoms with Crippen LogP contribution in [-0.2, 0) is 10.3 Å². The first kappa shape index (κ1) is 25.8. The standard InChI is InChI=1S/C30H29N5O5/c1-39-22-14-12-21(13-15-22)30(19-8-4-2-5-9-19,20-10-6-3-7-11-20)35-27(38)25-26(33-29(35)31)34(18-32-25)28-24(37)16-23(17-36)40-28/h2-15,18,23-24,28,36-37H,16-17H2,1H3,(H2,31,33)/t23-,24+,28+/m0/s1. The number of methoxy groups -OCH3 is 1. The lowest BCUT2D eigenvalue weighted by Crippen LogP contribution is -2.46. The van der Waals surface area contributed by atoms with E-state index in [0.717, 1.165) is 16.7 Å². The molecule has 204 valence electrons. The summed E-state index contributed by atoms with van der Waals surface area (Å²) in [7, 11) is 1.60. The Bertz CT molecular complexity index is 1650. The molecule has 40 heavy (non-hydrogen) atoms. The highest BCUT2D eigenvalue weighted by Crippen LogP contribution is 2.42. The number of aliphatic hydroxyl groups excluding tert-OH is 2. The van der Waals surface area contributed by atoms with Crippen molar-refractivity contribution in [3.63, 3.8) is 0 Å². The van der Waals surface area contributed by atoms with Gasteiger partial charge >= 0.3 is 0 Å². The van der Waals surface area contributed by atoms with Crippen LogP contribution in [0.3, 0.4) is 0 Å². The molecule has 4 N–H and O–H groups in total. The Morgan fingerprint density at radius 2 is 1.60 bits per heavy atom. The number of imidazole rings is 1. The van der Waals surface area contributed by atoms with Gasteiger partial charge in [0.15, 0.2) is 17.4 Å². The molecular weight excluding hydrogens is 510 g/mol. The minimum atomic E-state index is -1.22. The van der Waals surface area contributed by atoms with E-state index in [1.807, 2.05) is 84.9 Å². The maximum absolute atomic E-state index is 14.5. The molecule has 3 aromatic carbocycles. The average molecular weight is 540 g/mol. The largest absolute Gasteiger partial charge is 0.497 e. The van der Waals surface area contributed by atoms with Crippen LogP contribution in [0.4, 0.5) is 5.95 Å². The van der Waals surface area contributed by atoms with Crippen LogP contribution in [-0.4, -0.2) is 55.2 Å². The van der Waals surface area contributed by atoms with Crippen LogP contribution in [0.25, 0.3) is 11.2 Å². The molecule has 10 heteroatoms. The molecule has 0 amide bonds. The predicted molar refractivity (Wildman–Crippen MR) is 149 cm³/mol. The number of rotatable bonds is 7.